The Hall–Kier alpha value is -2.72. The Labute approximate surface area is 138 Å². The molecule has 2 heterocycles. The van der Waals surface area contributed by atoms with Gasteiger partial charge in [0, 0.05) is 10.9 Å². The molecule has 1 aromatic heterocycles. The summed E-state index contributed by atoms with van der Waals surface area (Å²) in [6.07, 6.45) is 0. The molecule has 3 aromatic rings. The average Bonchev–Trinajstić information content (AvgIpc) is 3.17. The molecule has 0 aliphatic carbocycles. The maximum absolute atomic E-state index is 12.9. The van der Waals surface area contributed by atoms with Crippen molar-refractivity contribution in [3.05, 3.63) is 76.5 Å². The van der Waals surface area contributed by atoms with E-state index >= 15 is 0 Å². The first kappa shape index (κ1) is 13.9. The predicted octanol–water partition coefficient (Wildman–Crippen LogP) is 4.86. The number of aliphatic imine (C=N–C) groups is 1. The molecule has 0 fully saturated rings. The number of hydrogen-bond acceptors (Lipinski definition) is 3. The molecular weight excluding hydrogens is 304 g/mol. The molecule has 1 aliphatic rings. The molecule has 3 nitrogen and oxygen atoms in total. The molecule has 0 atom stereocenters. The van der Waals surface area contributed by atoms with Gasteiger partial charge in [-0.1, -0.05) is 35.9 Å². The minimum atomic E-state index is -0.0785. The second kappa shape index (κ2) is 5.48. The lowest BCUT2D eigenvalue weighted by molar-refractivity contribution is -0.111. The lowest BCUT2D eigenvalue weighted by Crippen LogP contribution is -2.24. The highest BCUT2D eigenvalue weighted by Crippen LogP contribution is 2.37. The van der Waals surface area contributed by atoms with E-state index in [1.54, 1.807) is 16.2 Å². The summed E-state index contributed by atoms with van der Waals surface area (Å²) in [5.41, 5.74) is 5.12. The molecule has 0 saturated carbocycles. The molecule has 0 N–H and O–H groups in total. The normalized spacial score (nSPS) is 15.3. The van der Waals surface area contributed by atoms with E-state index in [-0.39, 0.29) is 5.91 Å². The molecule has 0 radical (unpaired) electrons. The number of carbonyl (C=O) groups is 1. The summed E-state index contributed by atoms with van der Waals surface area (Å²) < 4.78 is 0. The summed E-state index contributed by atoms with van der Waals surface area (Å²) in [4.78, 5) is 19.3. The van der Waals surface area contributed by atoms with Gasteiger partial charge in [-0.3, -0.25) is 9.69 Å². The first-order valence-electron chi connectivity index (χ1n) is 7.35. The Morgan fingerprint density at radius 1 is 1.00 bits per heavy atom. The Bertz CT molecular complexity index is 895. The highest BCUT2D eigenvalue weighted by atomic mass is 32.1. The van der Waals surface area contributed by atoms with Crippen LogP contribution in [0.5, 0.6) is 0 Å². The number of fused-ring (bicyclic) bond motifs is 1. The van der Waals surface area contributed by atoms with Gasteiger partial charge in [0.05, 0.1) is 17.1 Å². The fourth-order valence-electron chi connectivity index (χ4n) is 2.70. The largest absolute Gasteiger partial charge is 0.282 e. The van der Waals surface area contributed by atoms with Gasteiger partial charge >= 0.3 is 0 Å². The highest BCUT2D eigenvalue weighted by molar-refractivity contribution is 7.08. The van der Waals surface area contributed by atoms with Crippen LogP contribution in [-0.4, -0.2) is 11.6 Å². The van der Waals surface area contributed by atoms with Gasteiger partial charge in [-0.2, -0.15) is 11.3 Å². The van der Waals surface area contributed by atoms with Gasteiger partial charge in [0.1, 0.15) is 5.71 Å². The standard InChI is InChI=1S/C19H14N2OS/c1-13-6-8-14(9-7-13)20-18-16-4-2-3-5-17(16)21(19(18)22)15-10-11-23-12-15/h2-12H,1H3. The molecule has 0 saturated heterocycles. The fourth-order valence-corrected chi connectivity index (χ4v) is 3.32. The molecule has 23 heavy (non-hydrogen) atoms. The molecule has 0 bridgehead atoms. The van der Waals surface area contributed by atoms with Crippen LogP contribution in [0.2, 0.25) is 0 Å². The van der Waals surface area contributed by atoms with Crippen LogP contribution in [0.1, 0.15) is 11.1 Å². The number of carbonyl (C=O) groups excluding carboxylic acids is 1. The summed E-state index contributed by atoms with van der Waals surface area (Å²) >= 11 is 1.58. The van der Waals surface area contributed by atoms with Crippen LogP contribution >= 0.6 is 11.3 Å². The van der Waals surface area contributed by atoms with Crippen molar-refractivity contribution in [1.82, 2.24) is 0 Å². The van der Waals surface area contributed by atoms with Crippen molar-refractivity contribution in [3.63, 3.8) is 0 Å². The quantitative estimate of drug-likeness (QED) is 0.664. The van der Waals surface area contributed by atoms with Crippen molar-refractivity contribution in [2.75, 3.05) is 4.90 Å². The number of thiophene rings is 1. The first-order valence-corrected chi connectivity index (χ1v) is 8.30. The van der Waals surface area contributed by atoms with Crippen LogP contribution in [0, 0.1) is 6.92 Å². The van der Waals surface area contributed by atoms with Crippen LogP contribution in [-0.2, 0) is 4.79 Å². The van der Waals surface area contributed by atoms with Crippen molar-refractivity contribution >= 4 is 40.0 Å². The summed E-state index contributed by atoms with van der Waals surface area (Å²) in [5, 5.41) is 3.95. The van der Waals surface area contributed by atoms with E-state index in [9.17, 15) is 4.79 Å². The topological polar surface area (TPSA) is 32.7 Å². The number of amides is 1. The minimum Gasteiger partial charge on any atom is -0.274 e. The number of nitrogens with zero attached hydrogens (tertiary/aromatic N) is 2. The van der Waals surface area contributed by atoms with Crippen molar-refractivity contribution in [3.8, 4) is 0 Å². The number of aryl methyl sites for hydroxylation is 1. The van der Waals surface area contributed by atoms with E-state index in [1.807, 2.05) is 72.3 Å². The molecule has 1 amide bonds. The van der Waals surface area contributed by atoms with Gasteiger partial charge in [0.15, 0.2) is 0 Å². The highest BCUT2D eigenvalue weighted by Gasteiger charge is 2.34. The molecular formula is C19H14N2OS. The van der Waals surface area contributed by atoms with E-state index < -0.39 is 0 Å². The van der Waals surface area contributed by atoms with E-state index in [0.29, 0.717) is 5.71 Å². The van der Waals surface area contributed by atoms with Crippen molar-refractivity contribution < 1.29 is 4.79 Å². The molecule has 112 valence electrons. The number of benzene rings is 2. The second-order valence-electron chi connectivity index (χ2n) is 5.44. The minimum absolute atomic E-state index is 0.0785. The number of para-hydroxylation sites is 1. The molecule has 1 aliphatic heterocycles. The zero-order valence-electron chi connectivity index (χ0n) is 12.6. The van der Waals surface area contributed by atoms with E-state index in [4.69, 9.17) is 0 Å². The number of anilines is 2. The molecule has 0 unspecified atom stereocenters. The van der Waals surface area contributed by atoms with Gasteiger partial charge in [-0.05, 0) is 36.6 Å². The third kappa shape index (κ3) is 2.37. The smallest absolute Gasteiger partial charge is 0.274 e. The number of hydrogen-bond donors (Lipinski definition) is 0. The summed E-state index contributed by atoms with van der Waals surface area (Å²) in [6.45, 7) is 2.03. The monoisotopic (exact) mass is 318 g/mol. The van der Waals surface area contributed by atoms with Crippen LogP contribution < -0.4 is 4.90 Å². The van der Waals surface area contributed by atoms with Gasteiger partial charge in [0.2, 0.25) is 0 Å². The van der Waals surface area contributed by atoms with Crippen LogP contribution in [0.3, 0.4) is 0 Å². The van der Waals surface area contributed by atoms with Gasteiger partial charge in [0.25, 0.3) is 5.91 Å². The van der Waals surface area contributed by atoms with Crippen LogP contribution in [0.15, 0.2) is 70.3 Å². The Morgan fingerprint density at radius 2 is 1.78 bits per heavy atom. The Kier molecular flexibility index (Phi) is 3.32. The van der Waals surface area contributed by atoms with Gasteiger partial charge in [-0.15, -0.1) is 0 Å². The summed E-state index contributed by atoms with van der Waals surface area (Å²) in [5.74, 6) is -0.0785. The molecule has 2 aromatic carbocycles. The lowest BCUT2D eigenvalue weighted by atomic mass is 10.1. The average molecular weight is 318 g/mol. The third-order valence-corrected chi connectivity index (χ3v) is 4.52. The van der Waals surface area contributed by atoms with Crippen molar-refractivity contribution in [2.24, 2.45) is 4.99 Å². The van der Waals surface area contributed by atoms with E-state index in [0.717, 1.165) is 22.6 Å². The van der Waals surface area contributed by atoms with Crippen molar-refractivity contribution in [2.45, 2.75) is 6.92 Å². The fraction of sp³-hybridized carbons (Fsp3) is 0.0526. The Balaban J connectivity index is 1.85. The summed E-state index contributed by atoms with van der Waals surface area (Å²) in [7, 11) is 0. The van der Waals surface area contributed by atoms with Gasteiger partial charge in [-0.25, -0.2) is 4.99 Å². The van der Waals surface area contributed by atoms with Crippen molar-refractivity contribution in [1.29, 1.82) is 0 Å². The predicted molar refractivity (Wildman–Crippen MR) is 95.3 cm³/mol. The van der Waals surface area contributed by atoms with Gasteiger partial charge < -0.3 is 0 Å². The zero-order chi connectivity index (χ0) is 15.8. The number of rotatable bonds is 2. The first-order chi connectivity index (χ1) is 11.2. The maximum Gasteiger partial charge on any atom is 0.282 e. The third-order valence-electron chi connectivity index (χ3n) is 3.84. The Morgan fingerprint density at radius 3 is 2.52 bits per heavy atom. The molecule has 4 heteroatoms. The van der Waals surface area contributed by atoms with Crippen LogP contribution in [0.25, 0.3) is 0 Å². The second-order valence-corrected chi connectivity index (χ2v) is 6.22. The van der Waals surface area contributed by atoms with Crippen LogP contribution in [0.4, 0.5) is 17.1 Å². The molecule has 4 rings (SSSR count). The lowest BCUT2D eigenvalue weighted by Gasteiger charge is -2.14. The van der Waals surface area contributed by atoms with E-state index in [2.05, 4.69) is 4.99 Å². The zero-order valence-corrected chi connectivity index (χ0v) is 13.4. The maximum atomic E-state index is 12.9. The van der Waals surface area contributed by atoms with E-state index in [1.165, 1.54) is 5.56 Å². The molecule has 0 spiro atoms. The SMILES string of the molecule is Cc1ccc(N=C2C(=O)N(c3ccsc3)c3ccccc32)cc1. The summed E-state index contributed by atoms with van der Waals surface area (Å²) in [6, 6.07) is 17.6.